The number of carbonyl (C=O) groups is 2. The van der Waals surface area contributed by atoms with Gasteiger partial charge in [-0.3, -0.25) is 4.79 Å². The molecule has 0 bridgehead atoms. The normalized spacial score (nSPS) is 22.9. The van der Waals surface area contributed by atoms with E-state index < -0.39 is 5.97 Å². The summed E-state index contributed by atoms with van der Waals surface area (Å²) < 4.78 is 0. The van der Waals surface area contributed by atoms with Crippen molar-refractivity contribution in [3.8, 4) is 0 Å². The lowest BCUT2D eigenvalue weighted by atomic mass is 9.92. The second-order valence-electron chi connectivity index (χ2n) is 8.05. The Kier molecular flexibility index (Phi) is 9.23. The van der Waals surface area contributed by atoms with Crippen molar-refractivity contribution in [2.45, 2.75) is 95.6 Å². The van der Waals surface area contributed by atoms with Crippen molar-refractivity contribution in [3.63, 3.8) is 0 Å². The Morgan fingerprint density at radius 1 is 1.12 bits per heavy atom. The van der Waals surface area contributed by atoms with Gasteiger partial charge in [-0.05, 0) is 38.0 Å². The Morgan fingerprint density at radius 3 is 2.50 bits per heavy atom. The Labute approximate surface area is 157 Å². The predicted molar refractivity (Wildman–Crippen MR) is 101 cm³/mol. The Hall–Kier alpha value is -1.30. The predicted octanol–water partition coefficient (Wildman–Crippen LogP) is 3.53. The molecule has 0 aromatic rings. The van der Waals surface area contributed by atoms with Gasteiger partial charge in [0.25, 0.3) is 0 Å². The van der Waals surface area contributed by atoms with E-state index in [1.807, 2.05) is 4.90 Å². The number of unbranched alkanes of at least 4 members (excludes halogenated alkanes) is 3. The van der Waals surface area contributed by atoms with Crippen LogP contribution in [0.1, 0.15) is 83.5 Å². The molecule has 2 atom stereocenters. The van der Waals surface area contributed by atoms with Crippen molar-refractivity contribution >= 4 is 12.0 Å². The first-order valence-corrected chi connectivity index (χ1v) is 10.5. The van der Waals surface area contributed by atoms with E-state index in [2.05, 4.69) is 5.32 Å². The molecule has 26 heavy (non-hydrogen) atoms. The lowest BCUT2D eigenvalue weighted by molar-refractivity contribution is -0.137. The highest BCUT2D eigenvalue weighted by molar-refractivity contribution is 5.76. The van der Waals surface area contributed by atoms with Crippen molar-refractivity contribution in [1.29, 1.82) is 0 Å². The van der Waals surface area contributed by atoms with Gasteiger partial charge in [-0.15, -0.1) is 0 Å². The summed E-state index contributed by atoms with van der Waals surface area (Å²) in [5, 5.41) is 22.1. The number of carboxylic acid groups (broad SMARTS) is 1. The average Bonchev–Trinajstić information content (AvgIpc) is 2.80. The van der Waals surface area contributed by atoms with E-state index in [-0.39, 0.29) is 24.6 Å². The molecule has 6 heteroatoms. The summed E-state index contributed by atoms with van der Waals surface area (Å²) in [7, 11) is 0. The number of hydrogen-bond donors (Lipinski definition) is 3. The lowest BCUT2D eigenvalue weighted by Gasteiger charge is -2.23. The third-order valence-electron chi connectivity index (χ3n) is 5.89. The summed E-state index contributed by atoms with van der Waals surface area (Å²) in [6.07, 6.45) is 12.6. The molecule has 6 nitrogen and oxygen atoms in total. The third-order valence-corrected chi connectivity index (χ3v) is 5.89. The van der Waals surface area contributed by atoms with Crippen LogP contribution in [0.25, 0.3) is 0 Å². The largest absolute Gasteiger partial charge is 0.481 e. The van der Waals surface area contributed by atoms with Crippen LogP contribution in [-0.4, -0.2) is 52.3 Å². The summed E-state index contributed by atoms with van der Waals surface area (Å²) in [6.45, 7) is 1.37. The molecule has 2 aliphatic rings. The molecule has 1 heterocycles. The summed E-state index contributed by atoms with van der Waals surface area (Å²) in [6, 6.07) is 0.186. The average molecular weight is 369 g/mol. The van der Waals surface area contributed by atoms with Gasteiger partial charge in [0.1, 0.15) is 0 Å². The highest BCUT2D eigenvalue weighted by Crippen LogP contribution is 2.27. The van der Waals surface area contributed by atoms with Gasteiger partial charge in [-0.1, -0.05) is 44.9 Å². The van der Waals surface area contributed by atoms with E-state index in [4.69, 9.17) is 5.11 Å². The molecule has 150 valence electrons. The number of nitrogens with one attached hydrogen (secondary N) is 1. The van der Waals surface area contributed by atoms with Crippen LogP contribution in [0, 0.1) is 5.92 Å². The Morgan fingerprint density at radius 2 is 1.81 bits per heavy atom. The van der Waals surface area contributed by atoms with E-state index in [9.17, 15) is 14.7 Å². The molecule has 3 N–H and O–H groups in total. The number of aliphatic hydroxyl groups is 1. The number of urea groups is 1. The molecule has 1 aliphatic carbocycles. The fourth-order valence-corrected chi connectivity index (χ4v) is 4.26. The molecule has 1 saturated heterocycles. The van der Waals surface area contributed by atoms with E-state index in [0.717, 1.165) is 51.5 Å². The summed E-state index contributed by atoms with van der Waals surface area (Å²) in [5.74, 6) is -0.320. The van der Waals surface area contributed by atoms with E-state index in [0.29, 0.717) is 18.9 Å². The van der Waals surface area contributed by atoms with Gasteiger partial charge in [-0.2, -0.15) is 0 Å². The number of rotatable bonds is 11. The molecule has 2 fully saturated rings. The number of nitrogens with zero attached hydrogens (tertiary/aromatic N) is 1. The van der Waals surface area contributed by atoms with Crippen LogP contribution >= 0.6 is 0 Å². The summed E-state index contributed by atoms with van der Waals surface area (Å²) >= 11 is 0. The number of aliphatic carboxylic acids is 1. The topological polar surface area (TPSA) is 89.9 Å². The SMILES string of the molecule is O=C(O)CCCCCCC1CN(CCC(O)C2CCCCCC2)C(=O)N1. The van der Waals surface area contributed by atoms with E-state index in [1.165, 1.54) is 25.7 Å². The van der Waals surface area contributed by atoms with Crippen LogP contribution in [0.2, 0.25) is 0 Å². The molecular formula is C20H36N2O4. The van der Waals surface area contributed by atoms with Crippen LogP contribution in [0.3, 0.4) is 0 Å². The Bertz CT molecular complexity index is 436. The van der Waals surface area contributed by atoms with Gasteiger partial charge in [0.05, 0.1) is 6.10 Å². The van der Waals surface area contributed by atoms with Crippen molar-refractivity contribution in [2.75, 3.05) is 13.1 Å². The maximum Gasteiger partial charge on any atom is 0.317 e. The van der Waals surface area contributed by atoms with Gasteiger partial charge in [0.2, 0.25) is 0 Å². The van der Waals surface area contributed by atoms with Gasteiger partial charge in [-0.25, -0.2) is 4.79 Å². The molecule has 1 aliphatic heterocycles. The first-order chi connectivity index (χ1) is 12.6. The van der Waals surface area contributed by atoms with Crippen LogP contribution in [-0.2, 0) is 4.79 Å². The molecular weight excluding hydrogens is 332 g/mol. The van der Waals surface area contributed by atoms with Gasteiger partial charge >= 0.3 is 12.0 Å². The number of hydrogen-bond acceptors (Lipinski definition) is 3. The first kappa shape index (κ1) is 21.0. The number of carbonyl (C=O) groups excluding carboxylic acids is 1. The molecule has 2 rings (SSSR count). The fraction of sp³-hybridized carbons (Fsp3) is 0.900. The molecule has 0 aromatic heterocycles. The monoisotopic (exact) mass is 368 g/mol. The van der Waals surface area contributed by atoms with Crippen molar-refractivity contribution < 1.29 is 19.8 Å². The Balaban J connectivity index is 1.59. The first-order valence-electron chi connectivity index (χ1n) is 10.5. The maximum atomic E-state index is 12.1. The fourth-order valence-electron chi connectivity index (χ4n) is 4.26. The third kappa shape index (κ3) is 7.52. The van der Waals surface area contributed by atoms with Crippen molar-refractivity contribution in [1.82, 2.24) is 10.2 Å². The van der Waals surface area contributed by atoms with Crippen LogP contribution < -0.4 is 5.32 Å². The van der Waals surface area contributed by atoms with Gasteiger partial charge in [0, 0.05) is 25.6 Å². The van der Waals surface area contributed by atoms with Gasteiger partial charge < -0.3 is 20.4 Å². The minimum atomic E-state index is -0.727. The summed E-state index contributed by atoms with van der Waals surface area (Å²) in [5.41, 5.74) is 0. The quantitative estimate of drug-likeness (QED) is 0.384. The van der Waals surface area contributed by atoms with Crippen molar-refractivity contribution in [3.05, 3.63) is 0 Å². The standard InChI is InChI=1S/C20H36N2O4/c23-18(16-9-5-1-2-6-10-16)13-14-22-15-17(21-20(22)26)11-7-3-4-8-12-19(24)25/h16-18,23H,1-15H2,(H,21,26)(H,24,25). The zero-order valence-corrected chi connectivity index (χ0v) is 16.0. The molecule has 2 amide bonds. The zero-order valence-electron chi connectivity index (χ0n) is 16.0. The second kappa shape index (κ2) is 11.4. The number of amides is 2. The van der Waals surface area contributed by atoms with Crippen LogP contribution in [0.15, 0.2) is 0 Å². The zero-order chi connectivity index (χ0) is 18.8. The molecule has 2 unspecified atom stereocenters. The molecule has 0 aromatic carbocycles. The molecule has 0 spiro atoms. The van der Waals surface area contributed by atoms with E-state index in [1.54, 1.807) is 0 Å². The second-order valence-corrected chi connectivity index (χ2v) is 8.05. The highest BCUT2D eigenvalue weighted by atomic mass is 16.4. The molecule has 1 saturated carbocycles. The van der Waals surface area contributed by atoms with Gasteiger partial charge in [0.15, 0.2) is 0 Å². The number of carboxylic acids is 1. The highest BCUT2D eigenvalue weighted by Gasteiger charge is 2.29. The van der Waals surface area contributed by atoms with Crippen LogP contribution in [0.5, 0.6) is 0 Å². The van der Waals surface area contributed by atoms with Crippen molar-refractivity contribution in [2.24, 2.45) is 5.92 Å². The minimum Gasteiger partial charge on any atom is -0.481 e. The maximum absolute atomic E-state index is 12.1. The molecule has 0 radical (unpaired) electrons. The summed E-state index contributed by atoms with van der Waals surface area (Å²) in [4.78, 5) is 24.4. The number of aliphatic hydroxyl groups excluding tert-OH is 1. The van der Waals surface area contributed by atoms with E-state index >= 15 is 0 Å². The lowest BCUT2D eigenvalue weighted by Crippen LogP contribution is -2.32. The smallest absolute Gasteiger partial charge is 0.317 e. The van der Waals surface area contributed by atoms with Crippen LogP contribution in [0.4, 0.5) is 4.79 Å². The minimum absolute atomic E-state index is 0.00561.